The van der Waals surface area contributed by atoms with Gasteiger partial charge in [-0.3, -0.25) is 19.1 Å². The first kappa shape index (κ1) is 26.2. The third-order valence-electron chi connectivity index (χ3n) is 6.87. The van der Waals surface area contributed by atoms with Gasteiger partial charge >= 0.3 is 0 Å². The van der Waals surface area contributed by atoms with Crippen LogP contribution < -0.4 is 10.5 Å². The zero-order chi connectivity index (χ0) is 25.8. The lowest BCUT2D eigenvalue weighted by atomic mass is 9.98. The molecule has 2 aromatic rings. The van der Waals surface area contributed by atoms with Gasteiger partial charge in [-0.25, -0.2) is 0 Å². The van der Waals surface area contributed by atoms with Crippen LogP contribution in [0.2, 0.25) is 0 Å². The van der Waals surface area contributed by atoms with Crippen molar-refractivity contribution in [3.8, 4) is 6.07 Å². The number of hydrogen-bond donors (Lipinski definition) is 0. The highest BCUT2D eigenvalue weighted by atomic mass is 32.2. The zero-order valence-electron chi connectivity index (χ0n) is 21.1. The number of anilines is 1. The normalized spacial score (nSPS) is 19.3. The number of nitriles is 1. The molecule has 2 fully saturated rings. The van der Waals surface area contributed by atoms with Crippen LogP contribution in [0.1, 0.15) is 55.4 Å². The van der Waals surface area contributed by atoms with Crippen molar-refractivity contribution in [2.24, 2.45) is 5.92 Å². The first-order chi connectivity index (χ1) is 17.3. The van der Waals surface area contributed by atoms with Crippen LogP contribution in [0.5, 0.6) is 0 Å². The first-order valence-electron chi connectivity index (χ1n) is 12.6. The molecule has 1 aromatic heterocycles. The van der Waals surface area contributed by atoms with E-state index in [1.54, 1.807) is 9.47 Å². The average molecular weight is 521 g/mol. The number of rotatable bonds is 7. The van der Waals surface area contributed by atoms with Crippen molar-refractivity contribution >= 4 is 46.1 Å². The molecule has 1 aromatic carbocycles. The van der Waals surface area contributed by atoms with E-state index in [9.17, 15) is 14.9 Å². The lowest BCUT2D eigenvalue weighted by Crippen LogP contribution is -2.40. The Labute approximate surface area is 222 Å². The van der Waals surface area contributed by atoms with Gasteiger partial charge in [-0.1, -0.05) is 68.2 Å². The van der Waals surface area contributed by atoms with E-state index in [0.717, 1.165) is 55.7 Å². The Morgan fingerprint density at radius 2 is 1.97 bits per heavy atom. The summed E-state index contributed by atoms with van der Waals surface area (Å²) in [7, 11) is 0. The van der Waals surface area contributed by atoms with Crippen molar-refractivity contribution < 1.29 is 4.79 Å². The van der Waals surface area contributed by atoms with E-state index in [4.69, 9.17) is 12.2 Å². The second-order valence-corrected chi connectivity index (χ2v) is 11.2. The fourth-order valence-corrected chi connectivity index (χ4v) is 6.30. The Hall–Kier alpha value is -2.89. The summed E-state index contributed by atoms with van der Waals surface area (Å²) in [6.07, 6.45) is 5.54. The minimum atomic E-state index is -0.252. The number of thiocarbonyl (C=S) groups is 1. The Kier molecular flexibility index (Phi) is 8.32. The van der Waals surface area contributed by atoms with Crippen molar-refractivity contribution in [2.75, 3.05) is 24.5 Å². The summed E-state index contributed by atoms with van der Waals surface area (Å²) in [6.45, 7) is 8.79. The topological polar surface area (TPSA) is 69.3 Å². The number of carbonyl (C=O) groups is 1. The minimum absolute atomic E-state index is 0.120. The smallest absolute Gasteiger partial charge is 0.270 e. The number of thioether (sulfide) groups is 1. The first-order valence-corrected chi connectivity index (χ1v) is 13.8. The van der Waals surface area contributed by atoms with E-state index in [1.165, 1.54) is 11.8 Å². The van der Waals surface area contributed by atoms with Crippen molar-refractivity contribution in [1.82, 2.24) is 9.47 Å². The van der Waals surface area contributed by atoms with Crippen LogP contribution in [0.15, 0.2) is 40.0 Å². The van der Waals surface area contributed by atoms with Gasteiger partial charge in [-0.2, -0.15) is 5.26 Å². The van der Waals surface area contributed by atoms with Gasteiger partial charge in [0.2, 0.25) is 0 Å². The quantitative estimate of drug-likeness (QED) is 0.373. The third kappa shape index (κ3) is 5.28. The lowest BCUT2D eigenvalue weighted by molar-refractivity contribution is -0.122. The summed E-state index contributed by atoms with van der Waals surface area (Å²) in [6, 6.07) is 12.2. The van der Waals surface area contributed by atoms with Crippen molar-refractivity contribution in [3.05, 3.63) is 67.8 Å². The van der Waals surface area contributed by atoms with Crippen LogP contribution in [-0.4, -0.2) is 39.3 Å². The molecule has 1 amide bonds. The molecule has 2 aliphatic heterocycles. The zero-order valence-corrected chi connectivity index (χ0v) is 22.8. The van der Waals surface area contributed by atoms with Gasteiger partial charge in [-0.15, -0.1) is 0 Å². The van der Waals surface area contributed by atoms with E-state index in [0.29, 0.717) is 33.8 Å². The molecule has 0 saturated carbocycles. The SMILES string of the molecule is CCCn1c(N2CCCC(C)C2)c(/C=C2\SC(=S)N(CCc3ccccc3)C2=O)c(C)c(C#N)c1=O. The number of carbonyl (C=O) groups excluding carboxylic acids is 1. The second-order valence-electron chi connectivity index (χ2n) is 9.57. The standard InChI is InChI=1S/C28H32N4O2S2/c1-4-13-31-25(30-14-8-9-19(2)18-30)22(20(3)23(17-29)26(31)33)16-24-27(34)32(28(35)36-24)15-12-21-10-6-5-7-11-21/h5-7,10-11,16,19H,4,8-9,12-15,18H2,1-3H3/b24-16-. The Morgan fingerprint density at radius 3 is 2.64 bits per heavy atom. The van der Waals surface area contributed by atoms with Gasteiger partial charge in [0, 0.05) is 31.7 Å². The molecule has 0 aliphatic carbocycles. The number of benzene rings is 1. The van der Waals surface area contributed by atoms with E-state index >= 15 is 0 Å². The van der Waals surface area contributed by atoms with Gasteiger partial charge < -0.3 is 4.90 Å². The van der Waals surface area contributed by atoms with Gasteiger partial charge in [0.25, 0.3) is 11.5 Å². The molecule has 1 atom stereocenters. The van der Waals surface area contributed by atoms with Crippen LogP contribution >= 0.6 is 24.0 Å². The average Bonchev–Trinajstić information content (AvgIpc) is 3.13. The second kappa shape index (κ2) is 11.4. The number of amides is 1. The number of piperidine rings is 1. The van der Waals surface area contributed by atoms with E-state index in [2.05, 4.69) is 17.9 Å². The Bertz CT molecular complexity index is 1290. The fourth-order valence-electron chi connectivity index (χ4n) is 5.01. The molecule has 6 nitrogen and oxygen atoms in total. The van der Waals surface area contributed by atoms with Crippen LogP contribution in [0.4, 0.5) is 5.82 Å². The molecule has 36 heavy (non-hydrogen) atoms. The predicted octanol–water partition coefficient (Wildman–Crippen LogP) is 5.12. The maximum absolute atomic E-state index is 13.4. The molecule has 188 valence electrons. The van der Waals surface area contributed by atoms with E-state index in [-0.39, 0.29) is 17.0 Å². The van der Waals surface area contributed by atoms with Gasteiger partial charge in [0.1, 0.15) is 21.8 Å². The molecular weight excluding hydrogens is 488 g/mol. The summed E-state index contributed by atoms with van der Waals surface area (Å²) in [5.74, 6) is 1.20. The molecule has 0 N–H and O–H groups in total. The monoisotopic (exact) mass is 520 g/mol. The number of aromatic nitrogens is 1. The highest BCUT2D eigenvalue weighted by Gasteiger charge is 2.33. The highest BCUT2D eigenvalue weighted by Crippen LogP contribution is 2.37. The van der Waals surface area contributed by atoms with Gasteiger partial charge in [-0.05, 0) is 55.7 Å². The summed E-state index contributed by atoms with van der Waals surface area (Å²) in [5.41, 5.74) is 2.44. The van der Waals surface area contributed by atoms with Crippen LogP contribution in [0, 0.1) is 24.2 Å². The lowest BCUT2D eigenvalue weighted by Gasteiger charge is -2.36. The molecule has 4 rings (SSSR count). The Balaban J connectivity index is 1.77. The number of nitrogens with zero attached hydrogens (tertiary/aromatic N) is 4. The fraction of sp³-hybridized carbons (Fsp3) is 0.429. The maximum Gasteiger partial charge on any atom is 0.270 e. The van der Waals surface area contributed by atoms with Crippen LogP contribution in [-0.2, 0) is 17.8 Å². The van der Waals surface area contributed by atoms with Crippen LogP contribution in [0.25, 0.3) is 6.08 Å². The Morgan fingerprint density at radius 1 is 1.22 bits per heavy atom. The molecule has 0 bridgehead atoms. The number of hydrogen-bond acceptors (Lipinski definition) is 6. The van der Waals surface area contributed by atoms with E-state index < -0.39 is 0 Å². The largest absolute Gasteiger partial charge is 0.357 e. The van der Waals surface area contributed by atoms with Gasteiger partial charge in [0.15, 0.2) is 0 Å². The highest BCUT2D eigenvalue weighted by molar-refractivity contribution is 8.26. The molecule has 0 radical (unpaired) electrons. The third-order valence-corrected chi connectivity index (χ3v) is 8.24. The molecule has 8 heteroatoms. The molecule has 0 spiro atoms. The van der Waals surface area contributed by atoms with E-state index in [1.807, 2.05) is 50.3 Å². The molecule has 3 heterocycles. The van der Waals surface area contributed by atoms with Crippen molar-refractivity contribution in [3.63, 3.8) is 0 Å². The summed E-state index contributed by atoms with van der Waals surface area (Å²) in [4.78, 5) is 31.2. The molecule has 1 unspecified atom stereocenters. The summed E-state index contributed by atoms with van der Waals surface area (Å²) in [5, 5.41) is 9.84. The molecule has 2 aliphatic rings. The molecular formula is C28H32N4O2S2. The van der Waals surface area contributed by atoms with Crippen molar-refractivity contribution in [1.29, 1.82) is 5.26 Å². The summed E-state index contributed by atoms with van der Waals surface area (Å²) >= 11 is 6.87. The minimum Gasteiger partial charge on any atom is -0.357 e. The van der Waals surface area contributed by atoms with Crippen LogP contribution in [0.3, 0.4) is 0 Å². The maximum atomic E-state index is 13.4. The van der Waals surface area contributed by atoms with Crippen molar-refractivity contribution in [2.45, 2.75) is 53.0 Å². The van der Waals surface area contributed by atoms with Gasteiger partial charge in [0.05, 0.1) is 4.91 Å². The summed E-state index contributed by atoms with van der Waals surface area (Å²) < 4.78 is 2.28. The molecule has 2 saturated heterocycles. The number of pyridine rings is 1. The predicted molar refractivity (Wildman–Crippen MR) is 151 cm³/mol.